The summed E-state index contributed by atoms with van der Waals surface area (Å²) in [4.78, 5) is 27.4. The second-order valence-electron chi connectivity index (χ2n) is 13.1. The van der Waals surface area contributed by atoms with E-state index < -0.39 is 22.2 Å². The molecule has 46 heavy (non-hydrogen) atoms. The zero-order chi connectivity index (χ0) is 32.5. The van der Waals surface area contributed by atoms with Crippen LogP contribution in [-0.4, -0.2) is 65.9 Å². The first kappa shape index (κ1) is 32.8. The number of esters is 1. The number of nitrogens with one attached hydrogen (secondary N) is 2. The Bertz CT molecular complexity index is 1620. The summed E-state index contributed by atoms with van der Waals surface area (Å²) in [6.45, 7) is 3.82. The molecule has 5 atom stereocenters. The van der Waals surface area contributed by atoms with Crippen molar-refractivity contribution >= 4 is 39.4 Å². The summed E-state index contributed by atoms with van der Waals surface area (Å²) in [6.07, 6.45) is 9.09. The van der Waals surface area contributed by atoms with Crippen LogP contribution in [0.4, 0.5) is 5.69 Å². The highest BCUT2D eigenvalue weighted by atomic mass is 35.5. The molecule has 10 nitrogen and oxygen atoms in total. The number of halogens is 1. The molecular weight excluding hydrogens is 630 g/mol. The van der Waals surface area contributed by atoms with E-state index in [9.17, 15) is 18.0 Å². The Balaban J connectivity index is 1.38. The van der Waals surface area contributed by atoms with E-state index in [1.54, 1.807) is 25.1 Å². The molecule has 2 bridgehead atoms. The highest BCUT2D eigenvalue weighted by molar-refractivity contribution is 7.88. The maximum atomic E-state index is 13.3. The Morgan fingerprint density at radius 3 is 2.83 bits per heavy atom. The molecule has 2 aliphatic heterocycles. The summed E-state index contributed by atoms with van der Waals surface area (Å²) in [6, 6.07) is 10.8. The number of carbonyl (C=O) groups is 2. The second-order valence-corrected chi connectivity index (χ2v) is 15.0. The molecule has 248 valence electrons. The van der Waals surface area contributed by atoms with Gasteiger partial charge in [0.2, 0.25) is 0 Å². The summed E-state index contributed by atoms with van der Waals surface area (Å²) in [5.74, 6) is 0.101. The number of aryl methyl sites for hydroxylation is 1. The van der Waals surface area contributed by atoms with Crippen molar-refractivity contribution in [2.75, 3.05) is 38.3 Å². The van der Waals surface area contributed by atoms with E-state index in [0.29, 0.717) is 31.9 Å². The smallest absolute Gasteiger partial charge is 0.307 e. The van der Waals surface area contributed by atoms with Crippen molar-refractivity contribution in [3.63, 3.8) is 0 Å². The van der Waals surface area contributed by atoms with Gasteiger partial charge in [-0.1, -0.05) is 29.8 Å². The molecule has 12 heteroatoms. The maximum Gasteiger partial charge on any atom is 0.307 e. The first-order valence-electron chi connectivity index (χ1n) is 16.1. The van der Waals surface area contributed by atoms with E-state index in [-0.39, 0.29) is 47.9 Å². The predicted octanol–water partition coefficient (Wildman–Crippen LogP) is 4.70. The van der Waals surface area contributed by atoms with E-state index in [2.05, 4.69) is 26.5 Å². The van der Waals surface area contributed by atoms with Crippen molar-refractivity contribution in [3.8, 4) is 5.75 Å². The number of anilines is 1. The summed E-state index contributed by atoms with van der Waals surface area (Å²) >= 11 is 6.41. The van der Waals surface area contributed by atoms with Gasteiger partial charge in [-0.05, 0) is 98.7 Å². The molecule has 6 rings (SSSR count). The zero-order valence-electron chi connectivity index (χ0n) is 26.3. The van der Waals surface area contributed by atoms with Gasteiger partial charge in [-0.3, -0.25) is 9.59 Å². The number of hydrogen-bond donors (Lipinski definition) is 2. The van der Waals surface area contributed by atoms with Gasteiger partial charge in [0.1, 0.15) is 5.75 Å². The van der Waals surface area contributed by atoms with Crippen LogP contribution in [0.25, 0.3) is 0 Å². The molecule has 4 aliphatic rings. The number of amides is 1. The molecule has 1 unspecified atom stereocenters. The van der Waals surface area contributed by atoms with Crippen molar-refractivity contribution in [2.45, 2.75) is 69.4 Å². The Morgan fingerprint density at radius 1 is 1.20 bits per heavy atom. The van der Waals surface area contributed by atoms with Crippen LogP contribution in [0.3, 0.4) is 0 Å². The molecule has 2 aliphatic carbocycles. The zero-order valence-corrected chi connectivity index (χ0v) is 27.9. The van der Waals surface area contributed by atoms with Crippen LogP contribution in [0.2, 0.25) is 5.02 Å². The molecule has 2 aromatic rings. The number of nitrogens with zero attached hydrogens (tertiary/aromatic N) is 1. The molecule has 2 aromatic carbocycles. The molecule has 0 saturated heterocycles. The Morgan fingerprint density at radius 2 is 2.04 bits per heavy atom. The Labute approximate surface area is 276 Å². The number of methoxy groups -OCH3 is 1. The van der Waals surface area contributed by atoms with E-state index >= 15 is 0 Å². The van der Waals surface area contributed by atoms with E-state index in [1.165, 1.54) is 18.2 Å². The number of fused-ring (bicyclic) bond motifs is 4. The van der Waals surface area contributed by atoms with Gasteiger partial charge < -0.3 is 19.1 Å². The van der Waals surface area contributed by atoms with Gasteiger partial charge in [-0.2, -0.15) is 13.1 Å². The minimum atomic E-state index is -4.13. The van der Waals surface area contributed by atoms with Gasteiger partial charge in [0, 0.05) is 35.1 Å². The third-order valence-corrected chi connectivity index (χ3v) is 11.3. The van der Waals surface area contributed by atoms with Gasteiger partial charge in [0.25, 0.3) is 5.91 Å². The quantitative estimate of drug-likeness (QED) is 0.354. The molecule has 0 radical (unpaired) electrons. The van der Waals surface area contributed by atoms with Crippen molar-refractivity contribution in [1.29, 1.82) is 0 Å². The van der Waals surface area contributed by atoms with Crippen molar-refractivity contribution in [2.24, 2.45) is 11.8 Å². The standard InChI is InChI=1S/C34H42ClN3O7S/c1-22-5-3-7-30(44-16-14-32(39)43-2)27-11-8-25(27)19-38-20-34(15-4-6-23-17-26(35)10-12-28(23)34)21-45-31-13-9-24(18-29(31)38)33(40)37-46(41,42)36-22/h3,7,9-10,12-13,17-18,22,25,27,30,36H,4-6,8,11,14-16,19-21H2,1-2H3,(H,37,40)/b7-3+/t22-,25-,27+,30?,34-/m0/s1. The lowest BCUT2D eigenvalue weighted by Gasteiger charge is -2.46. The van der Waals surface area contributed by atoms with Gasteiger partial charge in [-0.25, -0.2) is 4.72 Å². The van der Waals surface area contributed by atoms with E-state index in [0.717, 1.165) is 42.8 Å². The lowest BCUT2D eigenvalue weighted by atomic mass is 9.68. The summed E-state index contributed by atoms with van der Waals surface area (Å²) in [7, 11) is -2.77. The fourth-order valence-electron chi connectivity index (χ4n) is 7.43. The average molecular weight is 672 g/mol. The normalized spacial score (nSPS) is 29.6. The fourth-order valence-corrected chi connectivity index (χ4v) is 8.68. The van der Waals surface area contributed by atoms with Gasteiger partial charge in [-0.15, -0.1) is 0 Å². The van der Waals surface area contributed by atoms with E-state index in [1.807, 2.05) is 18.2 Å². The molecule has 1 fully saturated rings. The van der Waals surface area contributed by atoms with Crippen LogP contribution in [-0.2, 0) is 36.3 Å². The maximum absolute atomic E-state index is 13.3. The highest BCUT2D eigenvalue weighted by Gasteiger charge is 2.44. The Kier molecular flexibility index (Phi) is 9.66. The van der Waals surface area contributed by atoms with Crippen LogP contribution in [0, 0.1) is 11.8 Å². The fraction of sp³-hybridized carbons (Fsp3) is 0.529. The lowest BCUT2D eigenvalue weighted by Crippen LogP contribution is -2.49. The topological polar surface area (TPSA) is 123 Å². The monoisotopic (exact) mass is 671 g/mol. The van der Waals surface area contributed by atoms with Crippen LogP contribution in [0.5, 0.6) is 5.75 Å². The van der Waals surface area contributed by atoms with Crippen molar-refractivity contribution in [1.82, 2.24) is 9.44 Å². The summed E-state index contributed by atoms with van der Waals surface area (Å²) in [5, 5.41) is 0.719. The minimum absolute atomic E-state index is 0.152. The molecule has 1 spiro atoms. The Hall–Kier alpha value is -3.12. The number of carbonyl (C=O) groups excluding carboxylic acids is 2. The highest BCUT2D eigenvalue weighted by Crippen LogP contribution is 2.47. The predicted molar refractivity (Wildman–Crippen MR) is 176 cm³/mol. The molecule has 1 amide bonds. The van der Waals surface area contributed by atoms with Gasteiger partial charge in [0.05, 0.1) is 38.5 Å². The number of benzene rings is 2. The summed E-state index contributed by atoms with van der Waals surface area (Å²) < 4.78 is 48.2. The third-order valence-electron chi connectivity index (χ3n) is 9.90. The van der Waals surface area contributed by atoms with Crippen molar-refractivity contribution in [3.05, 3.63) is 70.3 Å². The third kappa shape index (κ3) is 7.07. The van der Waals surface area contributed by atoms with Gasteiger partial charge >= 0.3 is 16.2 Å². The number of hydrogen-bond acceptors (Lipinski definition) is 8. The molecule has 0 aromatic heterocycles. The SMILES string of the molecule is COC(=O)CCOC1/C=C/C[C@H](C)NS(=O)(=O)NC(=O)c2ccc3c(c2)N(C[C@@H]2CC[C@@H]12)C[C@@]1(CCCc2cc(Cl)ccc21)CO3. The summed E-state index contributed by atoms with van der Waals surface area (Å²) in [5.41, 5.74) is 3.18. The van der Waals surface area contributed by atoms with Crippen molar-refractivity contribution < 1.29 is 32.2 Å². The molecule has 2 N–H and O–H groups in total. The molecule has 2 heterocycles. The minimum Gasteiger partial charge on any atom is -0.490 e. The molecular formula is C34H42ClN3O7S. The van der Waals surface area contributed by atoms with E-state index in [4.69, 9.17) is 25.8 Å². The first-order chi connectivity index (χ1) is 22.1. The second kappa shape index (κ2) is 13.5. The van der Waals surface area contributed by atoms with Crippen LogP contribution < -0.4 is 19.1 Å². The largest absolute Gasteiger partial charge is 0.490 e. The average Bonchev–Trinajstić information content (AvgIpc) is 3.14. The van der Waals surface area contributed by atoms with Gasteiger partial charge in [0.15, 0.2) is 0 Å². The van der Waals surface area contributed by atoms with Crippen LogP contribution >= 0.6 is 11.6 Å². The number of rotatable bonds is 4. The van der Waals surface area contributed by atoms with Crippen LogP contribution in [0.15, 0.2) is 48.6 Å². The lowest BCUT2D eigenvalue weighted by molar-refractivity contribution is -0.142. The first-order valence-corrected chi connectivity index (χ1v) is 17.9. The molecule has 1 saturated carbocycles. The number of ether oxygens (including phenoxy) is 3. The van der Waals surface area contributed by atoms with Crippen LogP contribution in [0.1, 0.15) is 66.9 Å².